The molecule has 1 aliphatic rings. The van der Waals surface area contributed by atoms with Crippen LogP contribution in [0.5, 0.6) is 5.75 Å². The Bertz CT molecular complexity index is 444. The van der Waals surface area contributed by atoms with E-state index in [1.165, 1.54) is 0 Å². The molecule has 0 unspecified atom stereocenters. The summed E-state index contributed by atoms with van der Waals surface area (Å²) in [6.07, 6.45) is 0. The number of benzene rings is 1. The molecule has 0 aliphatic carbocycles. The Balaban J connectivity index is 2.51. The van der Waals surface area contributed by atoms with Gasteiger partial charge < -0.3 is 4.74 Å². The van der Waals surface area contributed by atoms with Crippen LogP contribution in [0.2, 0.25) is 0 Å². The summed E-state index contributed by atoms with van der Waals surface area (Å²) in [6.45, 7) is 0.587. The summed E-state index contributed by atoms with van der Waals surface area (Å²) in [6, 6.07) is 6.91. The van der Waals surface area contributed by atoms with Gasteiger partial charge in [-0.3, -0.25) is 4.31 Å². The van der Waals surface area contributed by atoms with Crippen LogP contribution >= 0.6 is 0 Å². The molecule has 0 aromatic heterocycles. The van der Waals surface area contributed by atoms with Gasteiger partial charge in [0.25, 0.3) is 10.2 Å². The molecular weight excluding hydrogens is 204 g/mol. The van der Waals surface area contributed by atoms with Crippen molar-refractivity contribution >= 4 is 15.9 Å². The molecule has 2 rings (SSSR count). The third kappa shape index (κ3) is 1.53. The molecule has 0 saturated heterocycles. The summed E-state index contributed by atoms with van der Waals surface area (Å²) in [7, 11) is -3.69. The zero-order valence-electron chi connectivity index (χ0n) is 7.38. The molecule has 0 spiro atoms. The number of hydrogen-bond donors (Lipinski definition) is 1. The number of anilines is 1. The number of para-hydroxylation sites is 2. The molecular formula is C8H10N2O3S. The summed E-state index contributed by atoms with van der Waals surface area (Å²) >= 11 is 0. The molecule has 0 fully saturated rings. The van der Waals surface area contributed by atoms with Crippen molar-refractivity contribution in [3.8, 4) is 5.75 Å². The molecule has 0 atom stereocenters. The first-order chi connectivity index (χ1) is 6.59. The largest absolute Gasteiger partial charge is 0.489 e. The van der Waals surface area contributed by atoms with Crippen LogP contribution in [0.25, 0.3) is 0 Å². The van der Waals surface area contributed by atoms with Crippen LogP contribution in [0.15, 0.2) is 24.3 Å². The van der Waals surface area contributed by atoms with Crippen molar-refractivity contribution in [2.45, 2.75) is 0 Å². The monoisotopic (exact) mass is 214 g/mol. The predicted octanol–water partition coefficient (Wildman–Crippen LogP) is 0.0889. The van der Waals surface area contributed by atoms with Gasteiger partial charge in [0.1, 0.15) is 12.4 Å². The minimum atomic E-state index is -3.69. The molecule has 1 heterocycles. The molecule has 0 bridgehead atoms. The number of hydrogen-bond acceptors (Lipinski definition) is 3. The Kier molecular flexibility index (Phi) is 2.09. The summed E-state index contributed by atoms with van der Waals surface area (Å²) in [4.78, 5) is 0. The van der Waals surface area contributed by atoms with Crippen LogP contribution in [0.1, 0.15) is 0 Å². The fraction of sp³-hybridized carbons (Fsp3) is 0.250. The fourth-order valence-electron chi connectivity index (χ4n) is 1.41. The van der Waals surface area contributed by atoms with Gasteiger partial charge in [-0.25, -0.2) is 5.14 Å². The average molecular weight is 214 g/mol. The first kappa shape index (κ1) is 9.29. The number of rotatable bonds is 1. The smallest absolute Gasteiger partial charge is 0.299 e. The summed E-state index contributed by atoms with van der Waals surface area (Å²) in [5, 5.41) is 5.07. The molecule has 1 aromatic rings. The van der Waals surface area contributed by atoms with Gasteiger partial charge in [-0.15, -0.1) is 0 Å². The standard InChI is InChI=1S/C8H10N2O3S/c9-14(11,12)10-5-6-13-8-4-2-1-3-7(8)10/h1-4H,5-6H2,(H2,9,11,12). The molecule has 0 saturated carbocycles. The van der Waals surface area contributed by atoms with E-state index in [1.807, 2.05) is 0 Å². The lowest BCUT2D eigenvalue weighted by Gasteiger charge is -2.28. The highest BCUT2D eigenvalue weighted by Gasteiger charge is 2.24. The minimum Gasteiger partial charge on any atom is -0.489 e. The lowest BCUT2D eigenvalue weighted by Crippen LogP contribution is -2.41. The quantitative estimate of drug-likeness (QED) is 0.720. The SMILES string of the molecule is NS(=O)(=O)N1CCOc2ccccc21. The highest BCUT2D eigenvalue weighted by molar-refractivity contribution is 7.90. The molecule has 6 heteroatoms. The Labute approximate surface area is 82.3 Å². The average Bonchev–Trinajstić information content (AvgIpc) is 2.15. The van der Waals surface area contributed by atoms with Gasteiger partial charge >= 0.3 is 0 Å². The molecule has 5 nitrogen and oxygen atoms in total. The van der Waals surface area contributed by atoms with E-state index >= 15 is 0 Å². The molecule has 0 amide bonds. The molecule has 1 aliphatic heterocycles. The lowest BCUT2D eigenvalue weighted by molar-refractivity contribution is 0.316. The summed E-state index contributed by atoms with van der Waals surface area (Å²) < 4.78 is 28.8. The van der Waals surface area contributed by atoms with Gasteiger partial charge in [0.15, 0.2) is 0 Å². The van der Waals surface area contributed by atoms with E-state index in [0.29, 0.717) is 18.0 Å². The highest BCUT2D eigenvalue weighted by Crippen LogP contribution is 2.31. The van der Waals surface area contributed by atoms with Crippen molar-refractivity contribution in [1.82, 2.24) is 0 Å². The van der Waals surface area contributed by atoms with Gasteiger partial charge in [0.05, 0.1) is 12.2 Å². The van der Waals surface area contributed by atoms with E-state index < -0.39 is 10.2 Å². The van der Waals surface area contributed by atoms with Crippen molar-refractivity contribution in [2.75, 3.05) is 17.5 Å². The number of nitrogens with zero attached hydrogens (tertiary/aromatic N) is 1. The number of nitrogens with two attached hydrogens (primary N) is 1. The van der Waals surface area contributed by atoms with Crippen LogP contribution in [0.3, 0.4) is 0 Å². The zero-order valence-corrected chi connectivity index (χ0v) is 8.20. The van der Waals surface area contributed by atoms with Gasteiger partial charge in [-0.1, -0.05) is 12.1 Å². The molecule has 2 N–H and O–H groups in total. The third-order valence-corrected chi connectivity index (χ3v) is 2.99. The maximum atomic E-state index is 11.2. The number of ether oxygens (including phenoxy) is 1. The first-order valence-corrected chi connectivity index (χ1v) is 5.61. The van der Waals surface area contributed by atoms with Gasteiger partial charge in [0.2, 0.25) is 0 Å². The van der Waals surface area contributed by atoms with Crippen molar-refractivity contribution in [1.29, 1.82) is 0 Å². The van der Waals surface area contributed by atoms with Crippen molar-refractivity contribution in [2.24, 2.45) is 5.14 Å². The van der Waals surface area contributed by atoms with Crippen molar-refractivity contribution in [3.63, 3.8) is 0 Å². The van der Waals surface area contributed by atoms with Crippen molar-refractivity contribution in [3.05, 3.63) is 24.3 Å². The number of fused-ring (bicyclic) bond motifs is 1. The van der Waals surface area contributed by atoms with E-state index in [4.69, 9.17) is 9.88 Å². The van der Waals surface area contributed by atoms with Gasteiger partial charge in [0, 0.05) is 0 Å². The second-order valence-electron chi connectivity index (χ2n) is 2.93. The lowest BCUT2D eigenvalue weighted by atomic mass is 10.2. The highest BCUT2D eigenvalue weighted by atomic mass is 32.2. The zero-order chi connectivity index (χ0) is 10.2. The van der Waals surface area contributed by atoms with Gasteiger partial charge in [-0.2, -0.15) is 8.42 Å². The van der Waals surface area contributed by atoms with Crippen LogP contribution in [0.4, 0.5) is 5.69 Å². The normalized spacial score (nSPS) is 15.9. The Morgan fingerprint density at radius 2 is 2.07 bits per heavy atom. The van der Waals surface area contributed by atoms with Crippen LogP contribution < -0.4 is 14.2 Å². The maximum Gasteiger partial charge on any atom is 0.299 e. The summed E-state index contributed by atoms with van der Waals surface area (Å²) in [5.74, 6) is 0.549. The Hall–Kier alpha value is -1.27. The van der Waals surface area contributed by atoms with E-state index in [2.05, 4.69) is 0 Å². The summed E-state index contributed by atoms with van der Waals surface area (Å²) in [5.41, 5.74) is 0.501. The van der Waals surface area contributed by atoms with E-state index in [9.17, 15) is 8.42 Å². The Morgan fingerprint density at radius 1 is 1.36 bits per heavy atom. The molecule has 14 heavy (non-hydrogen) atoms. The van der Waals surface area contributed by atoms with Crippen molar-refractivity contribution < 1.29 is 13.2 Å². The second kappa shape index (κ2) is 3.14. The maximum absolute atomic E-state index is 11.2. The Morgan fingerprint density at radius 3 is 2.79 bits per heavy atom. The van der Waals surface area contributed by atoms with E-state index in [1.54, 1.807) is 24.3 Å². The molecule has 76 valence electrons. The third-order valence-electron chi connectivity index (χ3n) is 1.99. The van der Waals surface area contributed by atoms with Gasteiger partial charge in [-0.05, 0) is 12.1 Å². The van der Waals surface area contributed by atoms with Crippen LogP contribution in [-0.2, 0) is 10.2 Å². The second-order valence-corrected chi connectivity index (χ2v) is 4.40. The minimum absolute atomic E-state index is 0.260. The van der Waals surface area contributed by atoms with Crippen LogP contribution in [0, 0.1) is 0 Å². The van der Waals surface area contributed by atoms with Crippen LogP contribution in [-0.4, -0.2) is 21.6 Å². The topological polar surface area (TPSA) is 72.6 Å². The first-order valence-electron chi connectivity index (χ1n) is 4.11. The van der Waals surface area contributed by atoms with E-state index in [0.717, 1.165) is 4.31 Å². The predicted molar refractivity (Wildman–Crippen MR) is 52.4 cm³/mol. The van der Waals surface area contributed by atoms with E-state index in [-0.39, 0.29) is 6.54 Å². The molecule has 1 aromatic carbocycles. The fourth-order valence-corrected chi connectivity index (χ4v) is 2.16. The molecule has 0 radical (unpaired) electrons.